The average molecular weight is 568 g/mol. The molecule has 0 spiro atoms. The van der Waals surface area contributed by atoms with Gasteiger partial charge in [0.1, 0.15) is 17.2 Å². The number of aliphatic hydroxyl groups is 1. The van der Waals surface area contributed by atoms with Crippen molar-refractivity contribution < 1.29 is 23.4 Å². The summed E-state index contributed by atoms with van der Waals surface area (Å²) >= 11 is 0. The second-order valence-electron chi connectivity index (χ2n) is 11.3. The summed E-state index contributed by atoms with van der Waals surface area (Å²) < 4.78 is 31.6. The predicted molar refractivity (Wildman–Crippen MR) is 154 cm³/mol. The molecule has 2 N–H and O–H groups in total. The predicted octanol–water partition coefficient (Wildman–Crippen LogP) is 6.04. The van der Waals surface area contributed by atoms with Crippen LogP contribution >= 0.6 is 0 Å². The van der Waals surface area contributed by atoms with Crippen molar-refractivity contribution in [3.63, 3.8) is 0 Å². The molecule has 0 bridgehead atoms. The zero-order valence-electron chi connectivity index (χ0n) is 24.1. The van der Waals surface area contributed by atoms with Crippen LogP contribution in [0.4, 0.5) is 20.4 Å². The van der Waals surface area contributed by atoms with Gasteiger partial charge in [-0.2, -0.15) is 0 Å². The van der Waals surface area contributed by atoms with E-state index in [0.29, 0.717) is 49.5 Å². The number of rotatable bonds is 11. The highest BCUT2D eigenvalue weighted by Crippen LogP contribution is 2.41. The zero-order chi connectivity index (χ0) is 29.6. The van der Waals surface area contributed by atoms with Crippen molar-refractivity contribution in [2.24, 2.45) is 11.8 Å². The number of hydrogen-bond acceptors (Lipinski definition) is 8. The lowest BCUT2D eigenvalue weighted by atomic mass is 9.73. The van der Waals surface area contributed by atoms with Gasteiger partial charge in [-0.15, -0.1) is 0 Å². The molecule has 1 aliphatic carbocycles. The van der Waals surface area contributed by atoms with E-state index in [-0.39, 0.29) is 29.2 Å². The first kappa shape index (κ1) is 30.5. The van der Waals surface area contributed by atoms with Crippen LogP contribution in [0.1, 0.15) is 62.3 Å². The molecule has 0 saturated heterocycles. The van der Waals surface area contributed by atoms with Gasteiger partial charge in [0.05, 0.1) is 23.9 Å². The minimum absolute atomic E-state index is 0.0250. The number of ether oxygens (including phenoxy) is 1. The highest BCUT2D eigenvalue weighted by atomic mass is 19.3. The van der Waals surface area contributed by atoms with Crippen molar-refractivity contribution in [1.29, 1.82) is 0 Å². The minimum Gasteiger partial charge on any atom is -0.465 e. The van der Waals surface area contributed by atoms with Gasteiger partial charge in [-0.25, -0.2) is 18.7 Å². The molecular formula is C31H39F2N5O3. The van der Waals surface area contributed by atoms with Crippen LogP contribution in [0.25, 0.3) is 11.3 Å². The van der Waals surface area contributed by atoms with E-state index < -0.39 is 12.0 Å². The number of anilines is 2. The first-order valence-electron chi connectivity index (χ1n) is 14.0. The van der Waals surface area contributed by atoms with Gasteiger partial charge in [0.25, 0.3) is 6.43 Å². The van der Waals surface area contributed by atoms with E-state index in [1.807, 2.05) is 45.3 Å². The summed E-state index contributed by atoms with van der Waals surface area (Å²) in [6.45, 7) is 5.01. The molecule has 1 fully saturated rings. The minimum atomic E-state index is -2.59. The largest absolute Gasteiger partial charge is 0.465 e. The smallest absolute Gasteiger partial charge is 0.308 e. The quantitative estimate of drug-likeness (QED) is 0.214. The third-order valence-electron chi connectivity index (χ3n) is 7.69. The van der Waals surface area contributed by atoms with Crippen LogP contribution in [0.2, 0.25) is 0 Å². The van der Waals surface area contributed by atoms with E-state index in [2.05, 4.69) is 25.2 Å². The van der Waals surface area contributed by atoms with Gasteiger partial charge in [-0.1, -0.05) is 0 Å². The van der Waals surface area contributed by atoms with Gasteiger partial charge < -0.3 is 20.1 Å². The van der Waals surface area contributed by atoms with E-state index >= 15 is 0 Å². The molecule has 0 aliphatic heterocycles. The highest BCUT2D eigenvalue weighted by Gasteiger charge is 2.39. The summed E-state index contributed by atoms with van der Waals surface area (Å²) in [6.07, 6.45) is 4.03. The Balaban J connectivity index is 1.38. The number of pyridine rings is 3. The molecule has 0 radical (unpaired) electrons. The van der Waals surface area contributed by atoms with Gasteiger partial charge in [0.15, 0.2) is 0 Å². The monoisotopic (exact) mass is 567 g/mol. The standard InChI is InChI=1S/C31H39F2N5O3/c1-20-16-25(36-28(17-20)37-27-18-22(29(32)33)12-13-34-27)23-8-11-26(35-19-23)31(2,40)24-9-6-21(7-10-24)30(39)41-15-5-14-38(3)4/h8,11-13,16-19,21,24,29,40H,5-7,9-10,14-15H2,1-4H3,(H,34,36,37)/t21-,24-,31-/m1/s1. The molecule has 0 aromatic carbocycles. The first-order chi connectivity index (χ1) is 19.5. The summed E-state index contributed by atoms with van der Waals surface area (Å²) in [7, 11) is 3.98. The fourth-order valence-corrected chi connectivity index (χ4v) is 5.28. The Morgan fingerprint density at radius 1 is 1.12 bits per heavy atom. The van der Waals surface area contributed by atoms with Crippen molar-refractivity contribution in [2.75, 3.05) is 32.6 Å². The molecule has 3 aromatic heterocycles. The van der Waals surface area contributed by atoms with Gasteiger partial charge >= 0.3 is 5.97 Å². The molecule has 3 heterocycles. The van der Waals surface area contributed by atoms with Gasteiger partial charge in [0, 0.05) is 30.1 Å². The number of aryl methyl sites for hydroxylation is 1. The number of esters is 1. The summed E-state index contributed by atoms with van der Waals surface area (Å²) in [4.78, 5) is 27.9. The van der Waals surface area contributed by atoms with Gasteiger partial charge in [0.2, 0.25) is 0 Å². The lowest BCUT2D eigenvalue weighted by molar-refractivity contribution is -0.151. The van der Waals surface area contributed by atoms with Crippen molar-refractivity contribution >= 4 is 17.6 Å². The molecule has 8 nitrogen and oxygen atoms in total. The van der Waals surface area contributed by atoms with E-state index in [0.717, 1.165) is 24.1 Å². The molecule has 1 atom stereocenters. The Labute approximate surface area is 240 Å². The van der Waals surface area contributed by atoms with Crippen molar-refractivity contribution in [3.8, 4) is 11.3 Å². The van der Waals surface area contributed by atoms with Crippen LogP contribution in [0.3, 0.4) is 0 Å². The molecule has 0 amide bonds. The zero-order valence-corrected chi connectivity index (χ0v) is 24.1. The van der Waals surface area contributed by atoms with E-state index in [1.54, 1.807) is 13.1 Å². The fourth-order valence-electron chi connectivity index (χ4n) is 5.28. The molecule has 0 unspecified atom stereocenters. The molecule has 41 heavy (non-hydrogen) atoms. The van der Waals surface area contributed by atoms with Crippen LogP contribution < -0.4 is 5.32 Å². The lowest BCUT2D eigenvalue weighted by Crippen LogP contribution is -2.37. The van der Waals surface area contributed by atoms with Gasteiger partial charge in [-0.3, -0.25) is 9.78 Å². The maximum absolute atomic E-state index is 13.1. The Morgan fingerprint density at radius 2 is 1.88 bits per heavy atom. The Bertz CT molecular complexity index is 1310. The maximum atomic E-state index is 13.1. The Kier molecular flexibility index (Phi) is 9.99. The maximum Gasteiger partial charge on any atom is 0.308 e. The summed E-state index contributed by atoms with van der Waals surface area (Å²) in [6, 6.07) is 9.98. The summed E-state index contributed by atoms with van der Waals surface area (Å²) in [5.41, 5.74) is 1.63. The van der Waals surface area contributed by atoms with Crippen molar-refractivity contribution in [1.82, 2.24) is 19.9 Å². The number of halogens is 2. The number of nitrogens with zero attached hydrogens (tertiary/aromatic N) is 4. The molecular weight excluding hydrogens is 528 g/mol. The van der Waals surface area contributed by atoms with Crippen LogP contribution in [-0.2, 0) is 15.1 Å². The van der Waals surface area contributed by atoms with E-state index in [1.165, 1.54) is 18.3 Å². The number of carbonyl (C=O) groups excluding carboxylic acids is 1. The first-order valence-corrected chi connectivity index (χ1v) is 14.0. The lowest BCUT2D eigenvalue weighted by Gasteiger charge is -2.37. The number of nitrogens with one attached hydrogen (secondary N) is 1. The number of carbonyl (C=O) groups is 1. The van der Waals surface area contributed by atoms with Crippen LogP contribution in [0.5, 0.6) is 0 Å². The number of alkyl halides is 2. The highest BCUT2D eigenvalue weighted by molar-refractivity contribution is 5.72. The van der Waals surface area contributed by atoms with Gasteiger partial charge in [-0.05, 0) is 108 Å². The third kappa shape index (κ3) is 8.04. The third-order valence-corrected chi connectivity index (χ3v) is 7.69. The molecule has 10 heteroatoms. The molecule has 3 aromatic rings. The van der Waals surface area contributed by atoms with Crippen molar-refractivity contribution in [2.45, 2.75) is 58.0 Å². The molecule has 1 aliphatic rings. The fraction of sp³-hybridized carbons (Fsp3) is 0.484. The normalized spacial score (nSPS) is 18.8. The average Bonchev–Trinajstić information content (AvgIpc) is 2.95. The molecule has 1 saturated carbocycles. The molecule has 4 rings (SSSR count). The van der Waals surface area contributed by atoms with Crippen molar-refractivity contribution in [3.05, 3.63) is 65.6 Å². The number of hydrogen-bond donors (Lipinski definition) is 2. The summed E-state index contributed by atoms with van der Waals surface area (Å²) in [5.74, 6) is 0.469. The van der Waals surface area contributed by atoms with Crippen LogP contribution in [-0.4, -0.2) is 58.2 Å². The topological polar surface area (TPSA) is 100 Å². The molecule has 220 valence electrons. The van der Waals surface area contributed by atoms with Crippen LogP contribution in [0.15, 0.2) is 48.8 Å². The van der Waals surface area contributed by atoms with Crippen LogP contribution in [0, 0.1) is 18.8 Å². The second-order valence-corrected chi connectivity index (χ2v) is 11.3. The SMILES string of the molecule is Cc1cc(Nc2cc(C(F)F)ccn2)nc(-c2ccc([C@](C)(O)[C@H]3CC[C@H](C(=O)OCCCN(C)C)CC3)nc2)c1. The number of aromatic nitrogens is 3. The summed E-state index contributed by atoms with van der Waals surface area (Å²) in [5, 5.41) is 14.5. The Hall–Kier alpha value is -3.50. The van der Waals surface area contributed by atoms with E-state index in [9.17, 15) is 18.7 Å². The Morgan fingerprint density at radius 3 is 2.54 bits per heavy atom. The second kappa shape index (κ2) is 13.4. The van der Waals surface area contributed by atoms with E-state index in [4.69, 9.17) is 4.74 Å².